The van der Waals surface area contributed by atoms with Gasteiger partial charge < -0.3 is 5.11 Å². The Balaban J connectivity index is 2.20. The van der Waals surface area contributed by atoms with E-state index in [9.17, 15) is 13.6 Å². The van der Waals surface area contributed by atoms with Crippen LogP contribution in [0.2, 0.25) is 0 Å². The maximum Gasteiger partial charge on any atom is 0.335 e. The highest BCUT2D eigenvalue weighted by atomic mass is 19.3. The summed E-state index contributed by atoms with van der Waals surface area (Å²) in [6.45, 7) is 0. The monoisotopic (exact) mass is 268 g/mol. The summed E-state index contributed by atoms with van der Waals surface area (Å²) in [7, 11) is 0. The minimum atomic E-state index is -2.39. The van der Waals surface area contributed by atoms with Crippen LogP contribution in [0, 0.1) is 5.92 Å². The predicted molar refractivity (Wildman–Crippen MR) is 68.7 cm³/mol. The number of hydrogen-bond donors (Lipinski definition) is 1. The largest absolute Gasteiger partial charge is 0.478 e. The van der Waals surface area contributed by atoms with Crippen molar-refractivity contribution in [2.75, 3.05) is 0 Å². The van der Waals surface area contributed by atoms with Crippen LogP contribution in [0.1, 0.15) is 53.9 Å². The highest BCUT2D eigenvalue weighted by Gasteiger charge is 2.32. The molecule has 1 unspecified atom stereocenters. The molecule has 0 heterocycles. The van der Waals surface area contributed by atoms with Gasteiger partial charge in [-0.2, -0.15) is 0 Å². The average molecular weight is 268 g/mol. The first kappa shape index (κ1) is 14.0. The lowest BCUT2D eigenvalue weighted by molar-refractivity contribution is 0.0697. The highest BCUT2D eigenvalue weighted by Crippen LogP contribution is 2.39. The molecule has 2 rings (SSSR count). The second-order valence-electron chi connectivity index (χ2n) is 5.19. The number of rotatable bonds is 4. The topological polar surface area (TPSA) is 37.3 Å². The Hall–Kier alpha value is -1.45. The lowest BCUT2D eigenvalue weighted by atomic mass is 9.77. The van der Waals surface area contributed by atoms with Crippen LogP contribution in [0.25, 0.3) is 0 Å². The van der Waals surface area contributed by atoms with Gasteiger partial charge in [-0.3, -0.25) is 0 Å². The molecule has 1 fully saturated rings. The number of halogens is 2. The fourth-order valence-electron chi connectivity index (χ4n) is 2.96. The Kier molecular flexibility index (Phi) is 4.51. The molecule has 0 bridgehead atoms. The summed E-state index contributed by atoms with van der Waals surface area (Å²) < 4.78 is 26.6. The zero-order valence-corrected chi connectivity index (χ0v) is 10.7. The normalized spacial score (nSPS) is 18.5. The number of carbonyl (C=O) groups is 1. The number of carboxylic acid groups (broad SMARTS) is 1. The van der Waals surface area contributed by atoms with Crippen molar-refractivity contribution >= 4 is 5.97 Å². The third kappa shape index (κ3) is 3.31. The van der Waals surface area contributed by atoms with E-state index in [1.807, 2.05) is 0 Å². The van der Waals surface area contributed by atoms with Crippen LogP contribution in [-0.2, 0) is 0 Å². The van der Waals surface area contributed by atoms with Gasteiger partial charge in [0.05, 0.1) is 5.56 Å². The molecule has 1 aromatic carbocycles. The van der Waals surface area contributed by atoms with Gasteiger partial charge in [-0.25, -0.2) is 13.6 Å². The smallest absolute Gasteiger partial charge is 0.335 e. The van der Waals surface area contributed by atoms with E-state index in [1.165, 1.54) is 24.3 Å². The van der Waals surface area contributed by atoms with Crippen molar-refractivity contribution < 1.29 is 18.7 Å². The van der Waals surface area contributed by atoms with Crippen molar-refractivity contribution in [2.24, 2.45) is 5.92 Å². The second-order valence-corrected chi connectivity index (χ2v) is 5.19. The predicted octanol–water partition coefficient (Wildman–Crippen LogP) is 4.31. The van der Waals surface area contributed by atoms with Crippen LogP contribution in [-0.4, -0.2) is 17.5 Å². The van der Waals surface area contributed by atoms with Crippen LogP contribution < -0.4 is 0 Å². The first-order chi connectivity index (χ1) is 9.09. The van der Waals surface area contributed by atoms with E-state index in [0.717, 1.165) is 32.1 Å². The van der Waals surface area contributed by atoms with Gasteiger partial charge in [0, 0.05) is 5.92 Å². The van der Waals surface area contributed by atoms with Gasteiger partial charge in [0.15, 0.2) is 0 Å². The summed E-state index contributed by atoms with van der Waals surface area (Å²) in [6.07, 6.45) is 2.46. The van der Waals surface area contributed by atoms with Crippen molar-refractivity contribution in [3.63, 3.8) is 0 Å². The van der Waals surface area contributed by atoms with Gasteiger partial charge in [0.25, 0.3) is 0 Å². The molecule has 0 amide bonds. The summed E-state index contributed by atoms with van der Waals surface area (Å²) in [5.74, 6) is -1.77. The molecule has 4 heteroatoms. The number of aromatic carboxylic acids is 1. The van der Waals surface area contributed by atoms with E-state index in [0.29, 0.717) is 5.56 Å². The molecule has 19 heavy (non-hydrogen) atoms. The Labute approximate surface area is 111 Å². The van der Waals surface area contributed by atoms with Gasteiger partial charge in [-0.1, -0.05) is 31.4 Å². The van der Waals surface area contributed by atoms with E-state index < -0.39 is 18.3 Å². The highest BCUT2D eigenvalue weighted by molar-refractivity contribution is 5.87. The molecule has 0 radical (unpaired) electrons. The van der Waals surface area contributed by atoms with Crippen LogP contribution >= 0.6 is 0 Å². The van der Waals surface area contributed by atoms with Crippen molar-refractivity contribution in [1.29, 1.82) is 0 Å². The zero-order valence-electron chi connectivity index (χ0n) is 10.7. The number of carboxylic acids is 1. The van der Waals surface area contributed by atoms with E-state index in [-0.39, 0.29) is 11.5 Å². The number of benzene rings is 1. The quantitative estimate of drug-likeness (QED) is 0.883. The average Bonchev–Trinajstić information content (AvgIpc) is 2.40. The van der Waals surface area contributed by atoms with Crippen LogP contribution in [0.4, 0.5) is 8.78 Å². The summed E-state index contributed by atoms with van der Waals surface area (Å²) in [4.78, 5) is 10.8. The number of alkyl halides is 2. The molecule has 1 aromatic rings. The van der Waals surface area contributed by atoms with Crippen molar-refractivity contribution in [1.82, 2.24) is 0 Å². The van der Waals surface area contributed by atoms with E-state index in [4.69, 9.17) is 5.11 Å². The molecule has 1 aliphatic rings. The van der Waals surface area contributed by atoms with Gasteiger partial charge >= 0.3 is 5.97 Å². The maximum absolute atomic E-state index is 13.3. The Morgan fingerprint density at radius 1 is 1.11 bits per heavy atom. The first-order valence-corrected chi connectivity index (χ1v) is 6.71. The lowest BCUT2D eigenvalue weighted by Gasteiger charge is -2.30. The van der Waals surface area contributed by atoms with Gasteiger partial charge in [-0.15, -0.1) is 0 Å². The fraction of sp³-hybridized carbons (Fsp3) is 0.533. The molecule has 2 nitrogen and oxygen atoms in total. The minimum Gasteiger partial charge on any atom is -0.478 e. The van der Waals surface area contributed by atoms with Gasteiger partial charge in [0.2, 0.25) is 6.43 Å². The third-order valence-corrected chi connectivity index (χ3v) is 3.97. The van der Waals surface area contributed by atoms with Crippen LogP contribution in [0.5, 0.6) is 0 Å². The molecule has 1 saturated carbocycles. The molecule has 0 aromatic heterocycles. The molecule has 0 saturated heterocycles. The first-order valence-electron chi connectivity index (χ1n) is 6.71. The fourth-order valence-corrected chi connectivity index (χ4v) is 2.96. The minimum absolute atomic E-state index is 0.0180. The van der Waals surface area contributed by atoms with E-state index >= 15 is 0 Å². The molecular weight excluding hydrogens is 250 g/mol. The lowest BCUT2D eigenvalue weighted by Crippen LogP contribution is -2.22. The van der Waals surface area contributed by atoms with Crippen molar-refractivity contribution in [3.05, 3.63) is 35.4 Å². The van der Waals surface area contributed by atoms with Crippen molar-refractivity contribution in [3.8, 4) is 0 Å². The molecule has 104 valence electrons. The molecule has 0 aliphatic heterocycles. The van der Waals surface area contributed by atoms with E-state index in [2.05, 4.69) is 0 Å². The summed E-state index contributed by atoms with van der Waals surface area (Å²) in [5, 5.41) is 8.82. The summed E-state index contributed by atoms with van der Waals surface area (Å²) >= 11 is 0. The van der Waals surface area contributed by atoms with E-state index in [1.54, 1.807) is 0 Å². The molecular formula is C15H18F2O2. The summed E-state index contributed by atoms with van der Waals surface area (Å²) in [5.41, 5.74) is 0.701. The Morgan fingerprint density at radius 2 is 1.68 bits per heavy atom. The SMILES string of the molecule is O=C(O)c1ccc(C(C(F)F)C2CCCCC2)cc1. The van der Waals surface area contributed by atoms with Gasteiger partial charge in [0.1, 0.15) is 0 Å². The zero-order chi connectivity index (χ0) is 13.8. The van der Waals surface area contributed by atoms with Crippen LogP contribution in [0.15, 0.2) is 24.3 Å². The molecule has 1 atom stereocenters. The number of hydrogen-bond acceptors (Lipinski definition) is 1. The molecule has 0 spiro atoms. The van der Waals surface area contributed by atoms with Crippen LogP contribution in [0.3, 0.4) is 0 Å². The maximum atomic E-state index is 13.3. The Morgan fingerprint density at radius 3 is 2.16 bits per heavy atom. The summed E-state index contributed by atoms with van der Waals surface area (Å²) in [6, 6.07) is 5.90. The second kappa shape index (κ2) is 6.13. The standard InChI is InChI=1S/C15H18F2O2/c16-14(17)13(10-4-2-1-3-5-10)11-6-8-12(9-7-11)15(18)19/h6-10,13-14H,1-5H2,(H,18,19). The third-order valence-electron chi connectivity index (χ3n) is 3.97. The van der Waals surface area contributed by atoms with Crippen molar-refractivity contribution in [2.45, 2.75) is 44.4 Å². The Bertz CT molecular complexity index is 422. The molecule has 1 aliphatic carbocycles. The molecule has 1 N–H and O–H groups in total. The van der Waals surface area contributed by atoms with Gasteiger partial charge in [-0.05, 0) is 36.5 Å².